The number of halogens is 2. The third kappa shape index (κ3) is 2.65. The van der Waals surface area contributed by atoms with Gasteiger partial charge in [0.2, 0.25) is 0 Å². The van der Waals surface area contributed by atoms with Crippen molar-refractivity contribution in [3.63, 3.8) is 0 Å². The number of methoxy groups -OCH3 is 1. The quantitative estimate of drug-likeness (QED) is 0.721. The van der Waals surface area contributed by atoms with Gasteiger partial charge in [-0.3, -0.25) is 9.89 Å². The number of benzene rings is 2. The zero-order valence-electron chi connectivity index (χ0n) is 13.1. The van der Waals surface area contributed by atoms with Gasteiger partial charge in [0.25, 0.3) is 5.91 Å². The van der Waals surface area contributed by atoms with Crippen LogP contribution in [0, 0.1) is 0 Å². The Morgan fingerprint density at radius 3 is 2.76 bits per heavy atom. The van der Waals surface area contributed by atoms with Gasteiger partial charge in [-0.1, -0.05) is 41.4 Å². The van der Waals surface area contributed by atoms with Crippen molar-refractivity contribution in [3.05, 3.63) is 69.3 Å². The number of hydrogen-bond acceptors (Lipinski definition) is 3. The zero-order valence-corrected chi connectivity index (χ0v) is 14.7. The molecular weight excluding hydrogens is 361 g/mol. The molecule has 4 rings (SSSR count). The van der Waals surface area contributed by atoms with Crippen LogP contribution in [0.3, 0.4) is 0 Å². The lowest BCUT2D eigenvalue weighted by Crippen LogP contribution is -2.21. The van der Waals surface area contributed by atoms with Crippen molar-refractivity contribution < 1.29 is 9.53 Å². The highest BCUT2D eigenvalue weighted by atomic mass is 35.5. The highest BCUT2D eigenvalue weighted by Gasteiger charge is 2.36. The van der Waals surface area contributed by atoms with E-state index in [1.165, 1.54) is 0 Å². The smallest absolute Gasteiger partial charge is 0.270 e. The number of ether oxygens (including phenoxy) is 1. The minimum absolute atomic E-state index is 0.215. The summed E-state index contributed by atoms with van der Waals surface area (Å²) >= 11 is 12.3. The normalized spacial score (nSPS) is 15.8. The van der Waals surface area contributed by atoms with E-state index in [-0.39, 0.29) is 5.91 Å². The van der Waals surface area contributed by atoms with Crippen LogP contribution in [0.2, 0.25) is 10.0 Å². The molecule has 1 atom stereocenters. The number of nitrogens with zero attached hydrogens (tertiary/aromatic N) is 1. The average Bonchev–Trinajstić information content (AvgIpc) is 3.17. The predicted molar refractivity (Wildman–Crippen MR) is 96.3 cm³/mol. The molecule has 0 spiro atoms. The molecule has 0 saturated carbocycles. The predicted octanol–water partition coefficient (Wildman–Crippen LogP) is 4.22. The molecular formula is C18H13Cl2N3O2. The summed E-state index contributed by atoms with van der Waals surface area (Å²) < 4.78 is 5.28. The highest BCUT2D eigenvalue weighted by Crippen LogP contribution is 2.40. The van der Waals surface area contributed by atoms with E-state index in [0.29, 0.717) is 27.2 Å². The monoisotopic (exact) mass is 373 g/mol. The fourth-order valence-corrected chi connectivity index (χ4v) is 3.56. The van der Waals surface area contributed by atoms with Gasteiger partial charge in [0.05, 0.1) is 18.8 Å². The number of nitrogens with one attached hydrogen (secondary N) is 2. The number of aromatic amines is 1. The Hall–Kier alpha value is -2.50. The molecule has 7 heteroatoms. The molecule has 2 N–H and O–H groups in total. The third-order valence-corrected chi connectivity index (χ3v) is 4.77. The van der Waals surface area contributed by atoms with Crippen molar-refractivity contribution in [2.45, 2.75) is 6.04 Å². The van der Waals surface area contributed by atoms with Gasteiger partial charge in [-0.25, -0.2) is 0 Å². The standard InChI is InChI=1S/C18H13Cl2N3O2/c1-25-11-4-2-3-9(7-11)15-14-16(21-18(24)17(14)23-22-15)12-6-5-10(19)8-13(12)20/h2-8,16H,1H3,(H,21,24)(H,22,23)/t16-/m0/s1. The van der Waals surface area contributed by atoms with E-state index in [1.54, 1.807) is 19.2 Å². The lowest BCUT2D eigenvalue weighted by molar-refractivity contribution is 0.0955. The molecule has 2 aromatic carbocycles. The minimum atomic E-state index is -0.396. The van der Waals surface area contributed by atoms with Crippen molar-refractivity contribution in [2.24, 2.45) is 0 Å². The summed E-state index contributed by atoms with van der Waals surface area (Å²) in [5, 5.41) is 11.2. The maximum Gasteiger partial charge on any atom is 0.270 e. The van der Waals surface area contributed by atoms with Crippen LogP contribution in [-0.4, -0.2) is 23.2 Å². The summed E-state index contributed by atoms with van der Waals surface area (Å²) in [5.41, 5.74) is 3.51. The SMILES string of the molecule is COc1cccc(-c2n[nH]c3c2[C@H](c2ccc(Cl)cc2Cl)NC3=O)c1. The Bertz CT molecular complexity index is 984. The maximum atomic E-state index is 12.3. The Kier molecular flexibility index (Phi) is 3.90. The van der Waals surface area contributed by atoms with Gasteiger partial charge in [-0.05, 0) is 29.8 Å². The van der Waals surface area contributed by atoms with Gasteiger partial charge in [-0.2, -0.15) is 5.10 Å². The van der Waals surface area contributed by atoms with Gasteiger partial charge < -0.3 is 10.1 Å². The molecule has 2 heterocycles. The molecule has 25 heavy (non-hydrogen) atoms. The number of carbonyl (C=O) groups is 1. The highest BCUT2D eigenvalue weighted by molar-refractivity contribution is 6.35. The fourth-order valence-electron chi connectivity index (χ4n) is 3.04. The number of amides is 1. The van der Waals surface area contributed by atoms with Gasteiger partial charge in [0, 0.05) is 21.2 Å². The van der Waals surface area contributed by atoms with E-state index in [4.69, 9.17) is 27.9 Å². The van der Waals surface area contributed by atoms with Gasteiger partial charge >= 0.3 is 0 Å². The Labute approximate surface area is 153 Å². The summed E-state index contributed by atoms with van der Waals surface area (Å²) in [6, 6.07) is 12.4. The van der Waals surface area contributed by atoms with E-state index in [0.717, 1.165) is 16.7 Å². The Morgan fingerprint density at radius 1 is 1.16 bits per heavy atom. The lowest BCUT2D eigenvalue weighted by Gasteiger charge is -2.15. The minimum Gasteiger partial charge on any atom is -0.497 e. The topological polar surface area (TPSA) is 67.0 Å². The van der Waals surface area contributed by atoms with E-state index >= 15 is 0 Å². The number of rotatable bonds is 3. The number of hydrogen-bond donors (Lipinski definition) is 2. The van der Waals surface area contributed by atoms with Crippen LogP contribution in [0.5, 0.6) is 5.75 Å². The number of aromatic nitrogens is 2. The van der Waals surface area contributed by atoms with E-state index < -0.39 is 6.04 Å². The van der Waals surface area contributed by atoms with Crippen LogP contribution >= 0.6 is 23.2 Å². The number of fused-ring (bicyclic) bond motifs is 1. The molecule has 5 nitrogen and oxygen atoms in total. The van der Waals surface area contributed by atoms with Gasteiger partial charge in [0.15, 0.2) is 0 Å². The maximum absolute atomic E-state index is 12.3. The van der Waals surface area contributed by atoms with Crippen molar-refractivity contribution in [1.82, 2.24) is 15.5 Å². The molecule has 0 radical (unpaired) electrons. The summed E-state index contributed by atoms with van der Waals surface area (Å²) in [5.74, 6) is 0.500. The zero-order chi connectivity index (χ0) is 17.6. The molecule has 0 saturated heterocycles. The molecule has 3 aromatic rings. The lowest BCUT2D eigenvalue weighted by atomic mass is 9.96. The van der Waals surface area contributed by atoms with Crippen LogP contribution in [0.4, 0.5) is 0 Å². The first-order valence-electron chi connectivity index (χ1n) is 7.57. The summed E-state index contributed by atoms with van der Waals surface area (Å²) in [7, 11) is 1.61. The molecule has 0 aliphatic carbocycles. The van der Waals surface area contributed by atoms with Gasteiger partial charge in [0.1, 0.15) is 11.4 Å². The summed E-state index contributed by atoms with van der Waals surface area (Å²) in [6.07, 6.45) is 0. The van der Waals surface area contributed by atoms with Crippen molar-refractivity contribution in [1.29, 1.82) is 0 Å². The second-order valence-electron chi connectivity index (χ2n) is 5.67. The van der Waals surface area contributed by atoms with Crippen molar-refractivity contribution >= 4 is 29.1 Å². The number of H-pyrrole nitrogens is 1. The van der Waals surface area contributed by atoms with Crippen molar-refractivity contribution in [2.75, 3.05) is 7.11 Å². The van der Waals surface area contributed by atoms with Crippen LogP contribution in [0.15, 0.2) is 42.5 Å². The first-order valence-corrected chi connectivity index (χ1v) is 8.32. The molecule has 0 unspecified atom stereocenters. The molecule has 1 aromatic heterocycles. The first kappa shape index (κ1) is 16.0. The third-order valence-electron chi connectivity index (χ3n) is 4.21. The second kappa shape index (κ2) is 6.10. The molecule has 1 amide bonds. The second-order valence-corrected chi connectivity index (χ2v) is 6.51. The molecule has 0 fully saturated rings. The van der Waals surface area contributed by atoms with Crippen LogP contribution in [-0.2, 0) is 0 Å². The average molecular weight is 374 g/mol. The Morgan fingerprint density at radius 2 is 2.00 bits per heavy atom. The summed E-state index contributed by atoms with van der Waals surface area (Å²) in [4.78, 5) is 12.3. The van der Waals surface area contributed by atoms with Crippen LogP contribution in [0.1, 0.15) is 27.7 Å². The van der Waals surface area contributed by atoms with E-state index in [2.05, 4.69) is 15.5 Å². The molecule has 1 aliphatic heterocycles. The van der Waals surface area contributed by atoms with E-state index in [1.807, 2.05) is 30.3 Å². The molecule has 0 bridgehead atoms. The number of carbonyl (C=O) groups excluding carboxylic acids is 1. The van der Waals surface area contributed by atoms with Crippen LogP contribution < -0.4 is 10.1 Å². The molecule has 126 valence electrons. The van der Waals surface area contributed by atoms with Crippen LogP contribution in [0.25, 0.3) is 11.3 Å². The molecule has 1 aliphatic rings. The van der Waals surface area contributed by atoms with E-state index in [9.17, 15) is 4.79 Å². The Balaban J connectivity index is 1.87. The largest absolute Gasteiger partial charge is 0.497 e. The van der Waals surface area contributed by atoms with Gasteiger partial charge in [-0.15, -0.1) is 0 Å². The van der Waals surface area contributed by atoms with Crippen molar-refractivity contribution in [3.8, 4) is 17.0 Å². The summed E-state index contributed by atoms with van der Waals surface area (Å²) in [6.45, 7) is 0. The first-order chi connectivity index (χ1) is 12.1. The fraction of sp³-hybridized carbons (Fsp3) is 0.111.